The number of ether oxygens (including phenoxy) is 2. The quantitative estimate of drug-likeness (QED) is 0.703. The van der Waals surface area contributed by atoms with Crippen LogP contribution in [0.3, 0.4) is 0 Å². The molecule has 0 spiro atoms. The Morgan fingerprint density at radius 2 is 2.04 bits per heavy atom. The van der Waals surface area contributed by atoms with Crippen molar-refractivity contribution in [2.45, 2.75) is 32.8 Å². The van der Waals surface area contributed by atoms with Gasteiger partial charge in [-0.05, 0) is 19.1 Å². The summed E-state index contributed by atoms with van der Waals surface area (Å²) in [6, 6.07) is 8.13. The van der Waals surface area contributed by atoms with Gasteiger partial charge in [-0.1, -0.05) is 12.1 Å². The molecule has 0 unspecified atom stereocenters. The molecule has 8 heteroatoms. The van der Waals surface area contributed by atoms with Crippen LogP contribution in [0.15, 0.2) is 24.3 Å². The minimum Gasteiger partial charge on any atom is -0.375 e. The van der Waals surface area contributed by atoms with Gasteiger partial charge in [-0.25, -0.2) is 9.97 Å². The van der Waals surface area contributed by atoms with Crippen LogP contribution in [-0.4, -0.2) is 45.3 Å². The molecule has 2 aliphatic rings. The van der Waals surface area contributed by atoms with Gasteiger partial charge < -0.3 is 24.3 Å². The monoisotopic (exact) mass is 380 g/mol. The van der Waals surface area contributed by atoms with E-state index in [0.717, 1.165) is 53.6 Å². The van der Waals surface area contributed by atoms with Gasteiger partial charge in [-0.3, -0.25) is 0 Å². The van der Waals surface area contributed by atoms with E-state index in [1.54, 1.807) is 0 Å². The normalized spacial score (nSPS) is 16.4. The molecule has 8 nitrogen and oxygen atoms in total. The van der Waals surface area contributed by atoms with Crippen LogP contribution < -0.4 is 10.2 Å². The van der Waals surface area contributed by atoms with E-state index in [9.17, 15) is 0 Å². The number of benzene rings is 1. The van der Waals surface area contributed by atoms with Crippen molar-refractivity contribution in [3.05, 3.63) is 41.3 Å². The predicted octanol–water partition coefficient (Wildman–Crippen LogP) is 2.23. The third-order valence-corrected chi connectivity index (χ3v) is 5.39. The van der Waals surface area contributed by atoms with Crippen LogP contribution >= 0.6 is 0 Å². The maximum Gasteiger partial charge on any atom is 0.225 e. The highest BCUT2D eigenvalue weighted by molar-refractivity contribution is 5.75. The molecule has 28 heavy (non-hydrogen) atoms. The highest BCUT2D eigenvalue weighted by atomic mass is 16.5. The molecule has 0 radical (unpaired) electrons. The molecule has 1 N–H and O–H groups in total. The molecular weight excluding hydrogens is 356 g/mol. The smallest absolute Gasteiger partial charge is 0.225 e. The Hall–Kier alpha value is -2.71. The van der Waals surface area contributed by atoms with E-state index in [4.69, 9.17) is 19.4 Å². The van der Waals surface area contributed by atoms with Gasteiger partial charge in [-0.2, -0.15) is 4.98 Å². The average molecular weight is 380 g/mol. The Labute approximate surface area is 163 Å². The van der Waals surface area contributed by atoms with Gasteiger partial charge in [0.2, 0.25) is 5.95 Å². The maximum absolute atomic E-state index is 5.68. The van der Waals surface area contributed by atoms with Crippen molar-refractivity contribution in [1.29, 1.82) is 0 Å². The number of imidazole rings is 1. The molecule has 3 aromatic rings. The van der Waals surface area contributed by atoms with Crippen LogP contribution in [0.2, 0.25) is 0 Å². The summed E-state index contributed by atoms with van der Waals surface area (Å²) >= 11 is 0. The summed E-state index contributed by atoms with van der Waals surface area (Å²) in [5.74, 6) is 2.53. The summed E-state index contributed by atoms with van der Waals surface area (Å²) in [7, 11) is 2.03. The zero-order valence-electron chi connectivity index (χ0n) is 16.2. The molecule has 0 saturated carbocycles. The molecule has 1 fully saturated rings. The number of hydrogen-bond acceptors (Lipinski definition) is 7. The zero-order valence-corrected chi connectivity index (χ0v) is 16.2. The van der Waals surface area contributed by atoms with Crippen LogP contribution in [0.4, 0.5) is 11.8 Å². The van der Waals surface area contributed by atoms with Gasteiger partial charge in [0.25, 0.3) is 0 Å². The average Bonchev–Trinajstić information content (AvgIpc) is 3.27. The number of nitrogens with zero attached hydrogens (tertiary/aromatic N) is 5. The van der Waals surface area contributed by atoms with Crippen LogP contribution in [0.1, 0.15) is 24.0 Å². The van der Waals surface area contributed by atoms with E-state index in [-0.39, 0.29) is 6.10 Å². The van der Waals surface area contributed by atoms with Crippen LogP contribution in [-0.2, 0) is 36.3 Å². The van der Waals surface area contributed by atoms with Crippen LogP contribution in [0.25, 0.3) is 11.0 Å². The Bertz CT molecular complexity index is 1010. The minimum absolute atomic E-state index is 0.286. The summed E-state index contributed by atoms with van der Waals surface area (Å²) in [6.45, 7) is 6.17. The lowest BCUT2D eigenvalue weighted by molar-refractivity contribution is 0.0425. The van der Waals surface area contributed by atoms with E-state index in [1.165, 1.54) is 0 Å². The standard InChI is InChI=1S/C20H24N6O2/c1-3-28-13-9-26(10-13)19-14-11-27-12-16(14)23-20(24-19)21-8-18-22-15-6-4-5-7-17(15)25(18)2/h4-7,13H,3,8-12H2,1-2H3,(H,21,23,24). The molecule has 2 aliphatic heterocycles. The number of aromatic nitrogens is 4. The second-order valence-electron chi connectivity index (χ2n) is 7.20. The lowest BCUT2D eigenvalue weighted by Crippen LogP contribution is -2.53. The number of hydrogen-bond donors (Lipinski definition) is 1. The van der Waals surface area contributed by atoms with Gasteiger partial charge >= 0.3 is 0 Å². The number of nitrogens with one attached hydrogen (secondary N) is 1. The van der Waals surface area contributed by atoms with Crippen molar-refractivity contribution in [2.24, 2.45) is 7.05 Å². The third kappa shape index (κ3) is 2.98. The number of rotatable bonds is 6. The Morgan fingerprint density at radius 3 is 2.86 bits per heavy atom. The molecule has 1 aromatic carbocycles. The molecule has 0 bridgehead atoms. The van der Waals surface area contributed by atoms with Crippen LogP contribution in [0, 0.1) is 0 Å². The second kappa shape index (κ2) is 7.03. The van der Waals surface area contributed by atoms with Gasteiger partial charge in [0.1, 0.15) is 11.6 Å². The number of para-hydroxylation sites is 2. The first kappa shape index (κ1) is 17.4. The topological polar surface area (TPSA) is 77.3 Å². The highest BCUT2D eigenvalue weighted by Gasteiger charge is 2.32. The second-order valence-corrected chi connectivity index (χ2v) is 7.20. The Morgan fingerprint density at radius 1 is 1.18 bits per heavy atom. The molecule has 0 amide bonds. The van der Waals surface area contributed by atoms with Gasteiger partial charge in [-0.15, -0.1) is 0 Å². The predicted molar refractivity (Wildman–Crippen MR) is 106 cm³/mol. The SMILES string of the molecule is CCOC1CN(c2nc(NCc3nc4ccccc4n3C)nc3c2COC3)C1. The molecule has 0 aliphatic carbocycles. The summed E-state index contributed by atoms with van der Waals surface area (Å²) < 4.78 is 13.4. The fourth-order valence-corrected chi connectivity index (χ4v) is 3.84. The molecule has 0 atom stereocenters. The van der Waals surface area contributed by atoms with Gasteiger partial charge in [0.05, 0.1) is 42.6 Å². The summed E-state index contributed by atoms with van der Waals surface area (Å²) in [4.78, 5) is 16.4. The Kier molecular flexibility index (Phi) is 4.37. The Balaban J connectivity index is 1.37. The van der Waals surface area contributed by atoms with Crippen molar-refractivity contribution in [3.63, 3.8) is 0 Å². The molecule has 4 heterocycles. The molecule has 5 rings (SSSR count). The minimum atomic E-state index is 0.286. The van der Waals surface area contributed by atoms with Gasteiger partial charge in [0, 0.05) is 32.3 Å². The zero-order chi connectivity index (χ0) is 19.1. The molecule has 1 saturated heterocycles. The van der Waals surface area contributed by atoms with E-state index in [1.807, 2.05) is 32.2 Å². The molecule has 2 aromatic heterocycles. The van der Waals surface area contributed by atoms with Crippen molar-refractivity contribution in [2.75, 3.05) is 29.9 Å². The first-order valence-corrected chi connectivity index (χ1v) is 9.71. The maximum atomic E-state index is 5.68. The third-order valence-electron chi connectivity index (χ3n) is 5.39. The first-order valence-electron chi connectivity index (χ1n) is 9.71. The van der Waals surface area contributed by atoms with Crippen molar-refractivity contribution < 1.29 is 9.47 Å². The summed E-state index contributed by atoms with van der Waals surface area (Å²) in [6.07, 6.45) is 0.286. The van der Waals surface area contributed by atoms with Crippen molar-refractivity contribution in [3.8, 4) is 0 Å². The molecule has 146 valence electrons. The fourth-order valence-electron chi connectivity index (χ4n) is 3.84. The van der Waals surface area contributed by atoms with E-state index in [2.05, 4.69) is 25.8 Å². The fraction of sp³-hybridized carbons (Fsp3) is 0.450. The highest BCUT2D eigenvalue weighted by Crippen LogP contribution is 2.31. The molecular formula is C20H24N6O2. The van der Waals surface area contributed by atoms with Crippen molar-refractivity contribution >= 4 is 22.8 Å². The van der Waals surface area contributed by atoms with Crippen LogP contribution in [0.5, 0.6) is 0 Å². The largest absolute Gasteiger partial charge is 0.375 e. The first-order chi connectivity index (χ1) is 13.7. The van der Waals surface area contributed by atoms with E-state index < -0.39 is 0 Å². The van der Waals surface area contributed by atoms with Crippen molar-refractivity contribution in [1.82, 2.24) is 19.5 Å². The number of anilines is 2. The van der Waals surface area contributed by atoms with E-state index in [0.29, 0.717) is 25.7 Å². The number of fused-ring (bicyclic) bond motifs is 2. The lowest BCUT2D eigenvalue weighted by Gasteiger charge is -2.40. The van der Waals surface area contributed by atoms with Gasteiger partial charge in [0.15, 0.2) is 0 Å². The number of aryl methyl sites for hydroxylation is 1. The summed E-state index contributed by atoms with van der Waals surface area (Å²) in [5.41, 5.74) is 4.18. The summed E-state index contributed by atoms with van der Waals surface area (Å²) in [5, 5.41) is 3.35. The van der Waals surface area contributed by atoms with E-state index >= 15 is 0 Å². The lowest BCUT2D eigenvalue weighted by atomic mass is 10.1.